The monoisotopic (exact) mass is 360 g/mol. The van der Waals surface area contributed by atoms with E-state index in [1.54, 1.807) is 0 Å². The van der Waals surface area contributed by atoms with Crippen molar-refractivity contribution in [2.24, 2.45) is 5.92 Å². The largest absolute Gasteiger partial charge is 0.496 e. The molecule has 0 bridgehead atoms. The van der Waals surface area contributed by atoms with Crippen LogP contribution < -0.4 is 10.1 Å². The molecule has 2 rings (SSSR count). The van der Waals surface area contributed by atoms with Gasteiger partial charge in [0, 0.05) is 20.0 Å². The SMILES string of the molecule is COc1cccc(F)c1C(=O)N[C@H]1COC[C@H]1CS(=O)(=O)N(C)C. The smallest absolute Gasteiger partial charge is 0.258 e. The highest BCUT2D eigenvalue weighted by molar-refractivity contribution is 7.89. The van der Waals surface area contributed by atoms with Crippen LogP contribution in [0.15, 0.2) is 18.2 Å². The van der Waals surface area contributed by atoms with Crippen molar-refractivity contribution < 1.29 is 27.1 Å². The second-order valence-electron chi connectivity index (χ2n) is 5.76. The Morgan fingerprint density at radius 1 is 1.42 bits per heavy atom. The van der Waals surface area contributed by atoms with Crippen molar-refractivity contribution in [3.05, 3.63) is 29.6 Å². The Morgan fingerprint density at radius 3 is 2.75 bits per heavy atom. The lowest BCUT2D eigenvalue weighted by molar-refractivity contribution is 0.0918. The summed E-state index contributed by atoms with van der Waals surface area (Å²) in [7, 11) is 0.806. The summed E-state index contributed by atoms with van der Waals surface area (Å²) in [5.74, 6) is -1.81. The van der Waals surface area contributed by atoms with E-state index in [1.807, 2.05) is 0 Å². The summed E-state index contributed by atoms with van der Waals surface area (Å²) in [6.07, 6.45) is 0. The first-order valence-electron chi connectivity index (χ1n) is 7.37. The quantitative estimate of drug-likeness (QED) is 0.797. The minimum atomic E-state index is -3.43. The van der Waals surface area contributed by atoms with Gasteiger partial charge in [-0.15, -0.1) is 0 Å². The van der Waals surface area contributed by atoms with E-state index in [9.17, 15) is 17.6 Å². The number of nitrogens with zero attached hydrogens (tertiary/aromatic N) is 1. The van der Waals surface area contributed by atoms with Gasteiger partial charge in [0.2, 0.25) is 10.0 Å². The predicted molar refractivity (Wildman–Crippen MR) is 86.0 cm³/mol. The molecule has 1 saturated heterocycles. The fourth-order valence-electron chi connectivity index (χ4n) is 2.48. The number of nitrogens with one attached hydrogen (secondary N) is 1. The van der Waals surface area contributed by atoms with Gasteiger partial charge in [-0.3, -0.25) is 4.79 Å². The van der Waals surface area contributed by atoms with Crippen LogP contribution >= 0.6 is 0 Å². The van der Waals surface area contributed by atoms with E-state index in [-0.39, 0.29) is 30.3 Å². The third-order valence-corrected chi connectivity index (χ3v) is 5.88. The minimum Gasteiger partial charge on any atom is -0.496 e. The van der Waals surface area contributed by atoms with Crippen LogP contribution in [0.4, 0.5) is 4.39 Å². The summed E-state index contributed by atoms with van der Waals surface area (Å²) in [6, 6.07) is 3.57. The zero-order valence-corrected chi connectivity index (χ0v) is 14.6. The number of rotatable bonds is 6. The summed E-state index contributed by atoms with van der Waals surface area (Å²) in [5, 5.41) is 2.66. The van der Waals surface area contributed by atoms with Crippen molar-refractivity contribution >= 4 is 15.9 Å². The van der Waals surface area contributed by atoms with Gasteiger partial charge in [0.15, 0.2) is 0 Å². The molecule has 1 fully saturated rings. The Morgan fingerprint density at radius 2 is 2.12 bits per heavy atom. The third kappa shape index (κ3) is 4.03. The number of hydrogen-bond acceptors (Lipinski definition) is 5. The van der Waals surface area contributed by atoms with E-state index in [1.165, 1.54) is 33.3 Å². The summed E-state index contributed by atoms with van der Waals surface area (Å²) in [6.45, 7) is 0.391. The Labute approximate surface area is 140 Å². The van der Waals surface area contributed by atoms with E-state index < -0.39 is 33.7 Å². The van der Waals surface area contributed by atoms with Crippen LogP contribution in [-0.2, 0) is 14.8 Å². The van der Waals surface area contributed by atoms with Crippen LogP contribution in [0.25, 0.3) is 0 Å². The van der Waals surface area contributed by atoms with Gasteiger partial charge in [0.1, 0.15) is 17.1 Å². The van der Waals surface area contributed by atoms with Gasteiger partial charge in [-0.2, -0.15) is 0 Å². The van der Waals surface area contributed by atoms with Crippen molar-refractivity contribution in [1.82, 2.24) is 9.62 Å². The molecular formula is C15H21FN2O5S. The Kier molecular flexibility index (Phi) is 5.79. The number of sulfonamides is 1. The van der Waals surface area contributed by atoms with Gasteiger partial charge in [-0.1, -0.05) is 6.07 Å². The Bertz CT molecular complexity index is 708. The second kappa shape index (κ2) is 7.45. The lowest BCUT2D eigenvalue weighted by atomic mass is 10.1. The number of amides is 1. The zero-order valence-electron chi connectivity index (χ0n) is 13.8. The number of carbonyl (C=O) groups is 1. The maximum absolute atomic E-state index is 14.0. The van der Waals surface area contributed by atoms with Gasteiger partial charge in [0.25, 0.3) is 5.91 Å². The molecule has 1 aromatic rings. The van der Waals surface area contributed by atoms with Crippen molar-refractivity contribution in [3.8, 4) is 5.75 Å². The molecule has 24 heavy (non-hydrogen) atoms. The first kappa shape index (κ1) is 18.6. The fourth-order valence-corrected chi connectivity index (χ4v) is 3.65. The molecule has 7 nitrogen and oxygen atoms in total. The van der Waals surface area contributed by atoms with Crippen molar-refractivity contribution in [2.45, 2.75) is 6.04 Å². The van der Waals surface area contributed by atoms with Crippen LogP contribution in [0.3, 0.4) is 0 Å². The van der Waals surface area contributed by atoms with Crippen LogP contribution in [0.1, 0.15) is 10.4 Å². The van der Waals surface area contributed by atoms with Crippen LogP contribution in [0, 0.1) is 11.7 Å². The normalized spacial score (nSPS) is 21.0. The van der Waals surface area contributed by atoms with Gasteiger partial charge < -0.3 is 14.8 Å². The summed E-state index contributed by atoms with van der Waals surface area (Å²) >= 11 is 0. The topological polar surface area (TPSA) is 84.9 Å². The Balaban J connectivity index is 2.14. The first-order chi connectivity index (χ1) is 11.3. The molecule has 0 saturated carbocycles. The van der Waals surface area contributed by atoms with Crippen LogP contribution in [0.2, 0.25) is 0 Å². The van der Waals surface area contributed by atoms with E-state index in [0.29, 0.717) is 0 Å². The molecule has 1 N–H and O–H groups in total. The lowest BCUT2D eigenvalue weighted by Crippen LogP contribution is -2.43. The maximum atomic E-state index is 14.0. The van der Waals surface area contributed by atoms with E-state index >= 15 is 0 Å². The number of hydrogen-bond donors (Lipinski definition) is 1. The standard InChI is InChI=1S/C15H21FN2O5S/c1-18(2)24(20,21)9-10-7-23-8-12(10)17-15(19)14-11(16)5-4-6-13(14)22-3/h4-6,10,12H,7-9H2,1-3H3,(H,17,19)/t10-,12-/m0/s1. The zero-order chi connectivity index (χ0) is 17.9. The first-order valence-corrected chi connectivity index (χ1v) is 8.98. The summed E-state index contributed by atoms with van der Waals surface area (Å²) in [4.78, 5) is 12.4. The molecule has 0 unspecified atom stereocenters. The van der Waals surface area contributed by atoms with Crippen molar-refractivity contribution in [1.29, 1.82) is 0 Å². The number of carbonyl (C=O) groups excluding carboxylic acids is 1. The number of halogens is 1. The van der Waals surface area contributed by atoms with Gasteiger partial charge in [-0.25, -0.2) is 17.1 Å². The number of benzene rings is 1. The van der Waals surface area contributed by atoms with Gasteiger partial charge in [-0.05, 0) is 12.1 Å². The van der Waals surface area contributed by atoms with Crippen molar-refractivity contribution in [2.75, 3.05) is 40.2 Å². The second-order valence-corrected chi connectivity index (χ2v) is 7.98. The molecular weight excluding hydrogens is 339 g/mol. The van der Waals surface area contributed by atoms with Crippen LogP contribution in [-0.4, -0.2) is 64.8 Å². The maximum Gasteiger partial charge on any atom is 0.258 e. The molecule has 1 aromatic carbocycles. The van der Waals surface area contributed by atoms with Gasteiger partial charge >= 0.3 is 0 Å². The molecule has 1 amide bonds. The molecule has 1 aliphatic rings. The molecule has 134 valence electrons. The third-order valence-electron chi connectivity index (χ3n) is 3.92. The van der Waals surface area contributed by atoms with Crippen molar-refractivity contribution in [3.63, 3.8) is 0 Å². The van der Waals surface area contributed by atoms with E-state index in [0.717, 1.165) is 10.4 Å². The van der Waals surface area contributed by atoms with E-state index in [4.69, 9.17) is 9.47 Å². The minimum absolute atomic E-state index is 0.115. The highest BCUT2D eigenvalue weighted by Gasteiger charge is 2.35. The molecule has 1 heterocycles. The molecule has 9 heteroatoms. The molecule has 0 aromatic heterocycles. The average Bonchev–Trinajstić information content (AvgIpc) is 2.92. The highest BCUT2D eigenvalue weighted by atomic mass is 32.2. The highest BCUT2D eigenvalue weighted by Crippen LogP contribution is 2.23. The predicted octanol–water partition coefficient (Wildman–Crippen LogP) is 0.471. The molecule has 0 aliphatic carbocycles. The molecule has 2 atom stereocenters. The molecule has 0 radical (unpaired) electrons. The lowest BCUT2D eigenvalue weighted by Gasteiger charge is -2.21. The average molecular weight is 360 g/mol. The number of ether oxygens (including phenoxy) is 2. The summed E-state index contributed by atoms with van der Waals surface area (Å²) in [5.41, 5.74) is -0.207. The number of methoxy groups -OCH3 is 1. The summed E-state index contributed by atoms with van der Waals surface area (Å²) < 4.78 is 49.4. The molecule has 1 aliphatic heterocycles. The van der Waals surface area contributed by atoms with E-state index in [2.05, 4.69) is 5.32 Å². The Hall–Kier alpha value is -1.71. The van der Waals surface area contributed by atoms with Gasteiger partial charge in [0.05, 0.1) is 32.1 Å². The van der Waals surface area contributed by atoms with Crippen LogP contribution in [0.5, 0.6) is 5.75 Å². The molecule has 0 spiro atoms. The fraction of sp³-hybridized carbons (Fsp3) is 0.533.